The number of carbonyl (C=O) groups excluding carboxylic acids is 3. The Balaban J connectivity index is 1.74. The zero-order chi connectivity index (χ0) is 17.1. The van der Waals surface area contributed by atoms with Gasteiger partial charge in [-0.05, 0) is 23.1 Å². The normalized spacial score (nSPS) is 20.9. The molecule has 0 radical (unpaired) electrons. The van der Waals surface area contributed by atoms with Gasteiger partial charge in [-0.2, -0.15) is 0 Å². The quantitative estimate of drug-likeness (QED) is 0.796. The van der Waals surface area contributed by atoms with Crippen molar-refractivity contribution in [1.29, 1.82) is 0 Å². The molecule has 0 unspecified atom stereocenters. The molecule has 2 aromatic rings. The van der Waals surface area contributed by atoms with E-state index in [0.29, 0.717) is 10.6 Å². The van der Waals surface area contributed by atoms with E-state index in [1.54, 1.807) is 24.3 Å². The van der Waals surface area contributed by atoms with Gasteiger partial charge in [0, 0.05) is 24.3 Å². The van der Waals surface area contributed by atoms with Crippen LogP contribution in [0.3, 0.4) is 0 Å². The zero-order valence-corrected chi connectivity index (χ0v) is 13.8. The molecule has 3 nitrogen and oxygen atoms in total. The van der Waals surface area contributed by atoms with Gasteiger partial charge in [-0.25, -0.2) is 0 Å². The highest BCUT2D eigenvalue weighted by Crippen LogP contribution is 2.32. The minimum Gasteiger partial charge on any atom is -0.298 e. The van der Waals surface area contributed by atoms with E-state index in [0.717, 1.165) is 5.56 Å². The molecule has 1 aliphatic carbocycles. The Hall–Kier alpha value is -2.26. The SMILES string of the molecule is O=C(Cc1ccccc1Cl)C1C(=O)CC(c2ccccc2)CC1=O. The van der Waals surface area contributed by atoms with Gasteiger partial charge in [0.1, 0.15) is 5.92 Å². The van der Waals surface area contributed by atoms with Crippen LogP contribution in [0.25, 0.3) is 0 Å². The predicted octanol–water partition coefficient (Wildman–Crippen LogP) is 3.78. The van der Waals surface area contributed by atoms with Crippen molar-refractivity contribution in [3.05, 3.63) is 70.7 Å². The number of hydrogen-bond acceptors (Lipinski definition) is 3. The fourth-order valence-corrected chi connectivity index (χ4v) is 3.43. The summed E-state index contributed by atoms with van der Waals surface area (Å²) in [5, 5.41) is 0.476. The third-order valence-corrected chi connectivity index (χ3v) is 4.82. The number of carbonyl (C=O) groups is 3. The number of ketones is 3. The molecular weight excluding hydrogens is 324 g/mol. The van der Waals surface area contributed by atoms with Gasteiger partial charge in [0.15, 0.2) is 17.3 Å². The number of rotatable bonds is 4. The molecule has 0 heterocycles. The maximum atomic E-state index is 12.5. The van der Waals surface area contributed by atoms with E-state index in [-0.39, 0.29) is 42.5 Å². The van der Waals surface area contributed by atoms with Crippen molar-refractivity contribution in [3.8, 4) is 0 Å². The fourth-order valence-electron chi connectivity index (χ4n) is 3.22. The van der Waals surface area contributed by atoms with Crippen molar-refractivity contribution in [3.63, 3.8) is 0 Å². The molecular formula is C20H17ClO3. The van der Waals surface area contributed by atoms with E-state index >= 15 is 0 Å². The van der Waals surface area contributed by atoms with Gasteiger partial charge in [-0.1, -0.05) is 60.1 Å². The second-order valence-corrected chi connectivity index (χ2v) is 6.52. The minimum absolute atomic E-state index is 0.0117. The monoisotopic (exact) mass is 340 g/mol. The minimum atomic E-state index is -1.14. The third kappa shape index (κ3) is 3.46. The summed E-state index contributed by atoms with van der Waals surface area (Å²) in [5.41, 5.74) is 1.62. The first-order chi connectivity index (χ1) is 11.6. The predicted molar refractivity (Wildman–Crippen MR) is 92.1 cm³/mol. The van der Waals surface area contributed by atoms with Crippen LogP contribution in [0.2, 0.25) is 5.02 Å². The molecule has 1 fully saturated rings. The highest BCUT2D eigenvalue weighted by Gasteiger charge is 2.40. The third-order valence-electron chi connectivity index (χ3n) is 4.45. The maximum absolute atomic E-state index is 12.5. The van der Waals surface area contributed by atoms with Crippen LogP contribution in [0.5, 0.6) is 0 Å². The lowest BCUT2D eigenvalue weighted by Crippen LogP contribution is -2.38. The molecule has 0 amide bonds. The van der Waals surface area contributed by atoms with Crippen molar-refractivity contribution in [1.82, 2.24) is 0 Å². The summed E-state index contributed by atoms with van der Waals surface area (Å²) < 4.78 is 0. The van der Waals surface area contributed by atoms with Gasteiger partial charge in [-0.15, -0.1) is 0 Å². The Morgan fingerprint density at radius 3 is 2.12 bits per heavy atom. The molecule has 24 heavy (non-hydrogen) atoms. The lowest BCUT2D eigenvalue weighted by atomic mass is 9.74. The van der Waals surface area contributed by atoms with E-state index < -0.39 is 5.92 Å². The number of benzene rings is 2. The highest BCUT2D eigenvalue weighted by molar-refractivity contribution is 6.31. The second-order valence-electron chi connectivity index (χ2n) is 6.12. The number of Topliss-reactive ketones (excluding diaryl/α,β-unsaturated/α-hetero) is 3. The molecule has 3 rings (SSSR count). The van der Waals surface area contributed by atoms with Crippen LogP contribution in [0.15, 0.2) is 54.6 Å². The fraction of sp³-hybridized carbons (Fsp3) is 0.250. The molecule has 0 N–H and O–H groups in total. The largest absolute Gasteiger partial charge is 0.298 e. The highest BCUT2D eigenvalue weighted by atomic mass is 35.5. The zero-order valence-electron chi connectivity index (χ0n) is 13.1. The summed E-state index contributed by atoms with van der Waals surface area (Å²) in [6.45, 7) is 0. The van der Waals surface area contributed by atoms with Crippen LogP contribution in [-0.4, -0.2) is 17.3 Å². The molecule has 0 bridgehead atoms. The molecule has 4 heteroatoms. The van der Waals surface area contributed by atoms with Crippen molar-refractivity contribution in [2.45, 2.75) is 25.2 Å². The van der Waals surface area contributed by atoms with Gasteiger partial charge in [0.05, 0.1) is 0 Å². The van der Waals surface area contributed by atoms with E-state index in [2.05, 4.69) is 0 Å². The summed E-state index contributed by atoms with van der Waals surface area (Å²) in [5.74, 6) is -2.18. The summed E-state index contributed by atoms with van der Waals surface area (Å²) in [6.07, 6.45) is 0.473. The van der Waals surface area contributed by atoms with Gasteiger partial charge < -0.3 is 0 Å². The van der Waals surface area contributed by atoms with Crippen LogP contribution in [-0.2, 0) is 20.8 Å². The Labute approximate surface area is 145 Å². The first kappa shape index (κ1) is 16.6. The topological polar surface area (TPSA) is 51.2 Å². The summed E-state index contributed by atoms with van der Waals surface area (Å²) >= 11 is 6.06. The molecule has 0 aliphatic heterocycles. The summed E-state index contributed by atoms with van der Waals surface area (Å²) in [4.78, 5) is 37.3. The molecule has 122 valence electrons. The maximum Gasteiger partial charge on any atom is 0.155 e. The Bertz CT molecular complexity index is 764. The standard InChI is InChI=1S/C20H17ClO3/c21-16-9-5-4-8-14(16)10-17(22)20-18(23)11-15(12-19(20)24)13-6-2-1-3-7-13/h1-9,15,20H,10-12H2. The van der Waals surface area contributed by atoms with E-state index in [1.165, 1.54) is 0 Å². The summed E-state index contributed by atoms with van der Waals surface area (Å²) in [7, 11) is 0. The Morgan fingerprint density at radius 2 is 1.50 bits per heavy atom. The average molecular weight is 341 g/mol. The lowest BCUT2D eigenvalue weighted by Gasteiger charge is -2.26. The average Bonchev–Trinajstić information content (AvgIpc) is 2.57. The van der Waals surface area contributed by atoms with E-state index in [4.69, 9.17) is 11.6 Å². The van der Waals surface area contributed by atoms with Gasteiger partial charge >= 0.3 is 0 Å². The summed E-state index contributed by atoms with van der Waals surface area (Å²) in [6, 6.07) is 16.5. The van der Waals surface area contributed by atoms with Crippen molar-refractivity contribution in [2.24, 2.45) is 5.92 Å². The first-order valence-corrected chi connectivity index (χ1v) is 8.30. The lowest BCUT2D eigenvalue weighted by molar-refractivity contribution is -0.142. The van der Waals surface area contributed by atoms with Crippen LogP contribution >= 0.6 is 11.6 Å². The molecule has 1 saturated carbocycles. The van der Waals surface area contributed by atoms with E-state index in [9.17, 15) is 14.4 Å². The van der Waals surface area contributed by atoms with Crippen LogP contribution in [0, 0.1) is 5.92 Å². The van der Waals surface area contributed by atoms with Crippen LogP contribution in [0.4, 0.5) is 0 Å². The van der Waals surface area contributed by atoms with Gasteiger partial charge in [-0.3, -0.25) is 14.4 Å². The second kappa shape index (κ2) is 7.10. The smallest absolute Gasteiger partial charge is 0.155 e. The number of hydrogen-bond donors (Lipinski definition) is 0. The van der Waals surface area contributed by atoms with Crippen molar-refractivity contribution >= 4 is 29.0 Å². The number of halogens is 1. The Morgan fingerprint density at radius 1 is 0.917 bits per heavy atom. The molecule has 0 atom stereocenters. The van der Waals surface area contributed by atoms with Crippen molar-refractivity contribution in [2.75, 3.05) is 0 Å². The first-order valence-electron chi connectivity index (χ1n) is 7.92. The van der Waals surface area contributed by atoms with E-state index in [1.807, 2.05) is 30.3 Å². The van der Waals surface area contributed by atoms with Gasteiger partial charge in [0.25, 0.3) is 0 Å². The van der Waals surface area contributed by atoms with Crippen LogP contribution in [0.1, 0.15) is 29.9 Å². The van der Waals surface area contributed by atoms with Crippen LogP contribution < -0.4 is 0 Å². The molecule has 0 saturated heterocycles. The van der Waals surface area contributed by atoms with Crippen molar-refractivity contribution < 1.29 is 14.4 Å². The molecule has 0 spiro atoms. The molecule has 1 aliphatic rings. The molecule has 0 aromatic heterocycles. The molecule has 2 aromatic carbocycles. The van der Waals surface area contributed by atoms with Gasteiger partial charge in [0.2, 0.25) is 0 Å². The Kier molecular flexibility index (Phi) is 4.91.